The number of hydrogen-bond acceptors (Lipinski definition) is 4. The van der Waals surface area contributed by atoms with Crippen LogP contribution < -0.4 is 5.32 Å². The Morgan fingerprint density at radius 2 is 1.91 bits per heavy atom. The fraction of sp³-hybridized carbons (Fsp3) is 0.471. The van der Waals surface area contributed by atoms with Crippen molar-refractivity contribution in [2.45, 2.75) is 39.2 Å². The lowest BCUT2D eigenvalue weighted by molar-refractivity contribution is -0.157. The lowest BCUT2D eigenvalue weighted by atomic mass is 10.1. The number of esters is 1. The van der Waals surface area contributed by atoms with Crippen molar-refractivity contribution in [3.63, 3.8) is 0 Å². The maximum absolute atomic E-state index is 12.0. The van der Waals surface area contributed by atoms with Gasteiger partial charge in [-0.3, -0.25) is 14.5 Å². The Balaban J connectivity index is 1.79. The van der Waals surface area contributed by atoms with Gasteiger partial charge in [0, 0.05) is 19.5 Å². The first kappa shape index (κ1) is 17.0. The van der Waals surface area contributed by atoms with Crippen LogP contribution in [0.3, 0.4) is 0 Å². The number of ether oxygens (including phenoxy) is 1. The highest BCUT2D eigenvalue weighted by Gasteiger charge is 2.31. The minimum atomic E-state index is -0.950. The van der Waals surface area contributed by atoms with Gasteiger partial charge in [-0.2, -0.15) is 0 Å². The number of amides is 3. The van der Waals surface area contributed by atoms with Gasteiger partial charge in [-0.15, -0.1) is 0 Å². The van der Waals surface area contributed by atoms with Crippen molar-refractivity contribution in [2.75, 3.05) is 13.1 Å². The predicted molar refractivity (Wildman–Crippen MR) is 84.8 cm³/mol. The van der Waals surface area contributed by atoms with Crippen LogP contribution in [0.1, 0.15) is 31.4 Å². The normalized spacial score (nSPS) is 15.2. The molecule has 0 spiro atoms. The number of imide groups is 1. The molecule has 1 aromatic carbocycles. The Hall–Kier alpha value is -2.37. The lowest BCUT2D eigenvalue weighted by Crippen LogP contribution is -2.41. The Morgan fingerprint density at radius 3 is 2.48 bits per heavy atom. The molecule has 1 saturated heterocycles. The van der Waals surface area contributed by atoms with Crippen LogP contribution in [0.5, 0.6) is 0 Å². The van der Waals surface area contributed by atoms with Crippen molar-refractivity contribution in [3.8, 4) is 0 Å². The van der Waals surface area contributed by atoms with Crippen LogP contribution in [-0.2, 0) is 27.2 Å². The molecule has 1 aromatic rings. The van der Waals surface area contributed by atoms with Crippen LogP contribution in [0.4, 0.5) is 4.79 Å². The number of rotatable bonds is 6. The minimum absolute atomic E-state index is 0.204. The second-order valence-electron chi connectivity index (χ2n) is 5.52. The van der Waals surface area contributed by atoms with Gasteiger partial charge in [-0.05, 0) is 30.9 Å². The topological polar surface area (TPSA) is 75.7 Å². The summed E-state index contributed by atoms with van der Waals surface area (Å²) in [5, 5.41) is 2.54. The Kier molecular flexibility index (Phi) is 5.73. The van der Waals surface area contributed by atoms with E-state index in [0.717, 1.165) is 16.9 Å². The van der Waals surface area contributed by atoms with Gasteiger partial charge >= 0.3 is 12.0 Å². The summed E-state index contributed by atoms with van der Waals surface area (Å²) in [4.78, 5) is 36.4. The zero-order valence-electron chi connectivity index (χ0n) is 13.5. The number of urea groups is 1. The monoisotopic (exact) mass is 318 g/mol. The van der Waals surface area contributed by atoms with E-state index in [4.69, 9.17) is 4.74 Å². The highest BCUT2D eigenvalue weighted by Crippen LogP contribution is 2.09. The Morgan fingerprint density at radius 1 is 1.26 bits per heavy atom. The number of hydrogen-bond donors (Lipinski definition) is 1. The number of nitrogens with zero attached hydrogens (tertiary/aromatic N) is 1. The Labute approximate surface area is 135 Å². The quantitative estimate of drug-likeness (QED) is 0.810. The molecule has 1 fully saturated rings. The maximum atomic E-state index is 12.0. The van der Waals surface area contributed by atoms with Crippen LogP contribution in [-0.4, -0.2) is 42.0 Å². The van der Waals surface area contributed by atoms with Crippen molar-refractivity contribution in [1.82, 2.24) is 10.2 Å². The van der Waals surface area contributed by atoms with E-state index in [1.54, 1.807) is 0 Å². The highest BCUT2D eigenvalue weighted by atomic mass is 16.5. The molecule has 1 atom stereocenters. The largest absolute Gasteiger partial charge is 0.453 e. The third kappa shape index (κ3) is 4.55. The first-order chi connectivity index (χ1) is 11.0. The van der Waals surface area contributed by atoms with Crippen LogP contribution in [0.25, 0.3) is 0 Å². The number of benzene rings is 1. The first-order valence-corrected chi connectivity index (χ1v) is 7.87. The second kappa shape index (κ2) is 7.76. The molecular weight excluding hydrogens is 296 g/mol. The zero-order valence-corrected chi connectivity index (χ0v) is 13.5. The number of carbonyl (C=O) groups is 3. The average Bonchev–Trinajstić information content (AvgIpc) is 2.98. The van der Waals surface area contributed by atoms with Gasteiger partial charge in [0.05, 0.1) is 0 Å². The molecule has 1 heterocycles. The summed E-state index contributed by atoms with van der Waals surface area (Å²) in [6.07, 6.45) is 0.795. The molecule has 0 saturated carbocycles. The van der Waals surface area contributed by atoms with E-state index in [-0.39, 0.29) is 6.42 Å². The van der Waals surface area contributed by atoms with Crippen LogP contribution in [0.2, 0.25) is 0 Å². The van der Waals surface area contributed by atoms with Gasteiger partial charge in [0.15, 0.2) is 6.10 Å². The molecule has 2 rings (SSSR count). The van der Waals surface area contributed by atoms with Gasteiger partial charge < -0.3 is 10.1 Å². The van der Waals surface area contributed by atoms with E-state index in [9.17, 15) is 14.4 Å². The van der Waals surface area contributed by atoms with Gasteiger partial charge in [-0.1, -0.05) is 31.2 Å². The fourth-order valence-corrected chi connectivity index (χ4v) is 2.40. The molecule has 124 valence electrons. The van der Waals surface area contributed by atoms with Gasteiger partial charge in [0.2, 0.25) is 0 Å². The summed E-state index contributed by atoms with van der Waals surface area (Å²) in [6, 6.07) is 7.64. The standard InChI is InChI=1S/C17H22N2O4/c1-3-13-4-6-14(7-5-13)8-9-15(20)23-12(2)16(21)19-11-10-18-17(19)22/h4-7,12H,3,8-11H2,1-2H3,(H,18,22)/t12-/m1/s1. The molecule has 3 amide bonds. The van der Waals surface area contributed by atoms with Crippen molar-refractivity contribution in [2.24, 2.45) is 0 Å². The van der Waals surface area contributed by atoms with Crippen molar-refractivity contribution in [1.29, 1.82) is 0 Å². The number of carbonyl (C=O) groups excluding carboxylic acids is 3. The molecule has 0 radical (unpaired) electrons. The fourth-order valence-electron chi connectivity index (χ4n) is 2.40. The van der Waals surface area contributed by atoms with E-state index in [1.807, 2.05) is 24.3 Å². The van der Waals surface area contributed by atoms with Crippen molar-refractivity contribution >= 4 is 17.9 Å². The van der Waals surface area contributed by atoms with Crippen LogP contribution >= 0.6 is 0 Å². The summed E-state index contributed by atoms with van der Waals surface area (Å²) in [6.45, 7) is 4.32. The van der Waals surface area contributed by atoms with Gasteiger partial charge in [0.1, 0.15) is 0 Å². The lowest BCUT2D eigenvalue weighted by Gasteiger charge is -2.18. The van der Waals surface area contributed by atoms with Gasteiger partial charge in [0.25, 0.3) is 5.91 Å². The van der Waals surface area contributed by atoms with Crippen LogP contribution in [0.15, 0.2) is 24.3 Å². The van der Waals surface area contributed by atoms with Crippen LogP contribution in [0, 0.1) is 0 Å². The molecule has 1 aliphatic heterocycles. The number of aryl methyl sites for hydroxylation is 2. The smallest absolute Gasteiger partial charge is 0.324 e. The number of nitrogens with one attached hydrogen (secondary N) is 1. The van der Waals surface area contributed by atoms with Crippen molar-refractivity contribution < 1.29 is 19.1 Å². The Bertz CT molecular complexity index is 583. The van der Waals surface area contributed by atoms with E-state index >= 15 is 0 Å². The molecule has 0 aliphatic carbocycles. The predicted octanol–water partition coefficient (Wildman–Crippen LogP) is 1.67. The minimum Gasteiger partial charge on any atom is -0.453 e. The summed E-state index contributed by atoms with van der Waals surface area (Å²) in [5.74, 6) is -0.925. The molecule has 1 N–H and O–H groups in total. The molecule has 1 aliphatic rings. The SMILES string of the molecule is CCc1ccc(CCC(=O)O[C@H](C)C(=O)N2CCNC2=O)cc1. The summed E-state index contributed by atoms with van der Waals surface area (Å²) in [7, 11) is 0. The molecule has 6 heteroatoms. The third-order valence-electron chi connectivity index (χ3n) is 3.83. The average molecular weight is 318 g/mol. The molecule has 0 bridgehead atoms. The third-order valence-corrected chi connectivity index (χ3v) is 3.83. The van der Waals surface area contributed by atoms with Gasteiger partial charge in [-0.25, -0.2) is 4.79 Å². The van der Waals surface area contributed by atoms with E-state index in [0.29, 0.717) is 19.5 Å². The second-order valence-corrected chi connectivity index (χ2v) is 5.52. The van der Waals surface area contributed by atoms with E-state index < -0.39 is 24.0 Å². The molecule has 23 heavy (non-hydrogen) atoms. The first-order valence-electron chi connectivity index (χ1n) is 7.87. The molecular formula is C17H22N2O4. The molecule has 0 aromatic heterocycles. The summed E-state index contributed by atoms with van der Waals surface area (Å²) < 4.78 is 5.13. The summed E-state index contributed by atoms with van der Waals surface area (Å²) in [5.41, 5.74) is 2.30. The summed E-state index contributed by atoms with van der Waals surface area (Å²) >= 11 is 0. The van der Waals surface area contributed by atoms with E-state index in [1.165, 1.54) is 12.5 Å². The maximum Gasteiger partial charge on any atom is 0.324 e. The zero-order chi connectivity index (χ0) is 16.8. The highest BCUT2D eigenvalue weighted by molar-refractivity contribution is 5.98. The molecule has 0 unspecified atom stereocenters. The van der Waals surface area contributed by atoms with E-state index in [2.05, 4.69) is 12.2 Å². The molecule has 6 nitrogen and oxygen atoms in total. The van der Waals surface area contributed by atoms with Crippen molar-refractivity contribution in [3.05, 3.63) is 35.4 Å².